The molecular formula is C21H23N3O3S2. The number of hydrogen-bond acceptors (Lipinski definition) is 5. The maximum Gasteiger partial charge on any atom is 0.228 e. The van der Waals surface area contributed by atoms with Gasteiger partial charge in [-0.15, -0.1) is 11.3 Å². The Kier molecular flexibility index (Phi) is 5.42. The molecule has 6 nitrogen and oxygen atoms in total. The summed E-state index contributed by atoms with van der Waals surface area (Å²) in [7, 11) is -3.27. The molecule has 0 saturated carbocycles. The number of carbonyl (C=O) groups is 1. The molecule has 1 N–H and O–H groups in total. The minimum absolute atomic E-state index is 0.137. The van der Waals surface area contributed by atoms with Crippen LogP contribution in [0.25, 0.3) is 20.8 Å². The fourth-order valence-corrected chi connectivity index (χ4v) is 5.53. The first-order valence-electron chi connectivity index (χ1n) is 9.53. The van der Waals surface area contributed by atoms with Crippen LogP contribution in [0.4, 0.5) is 5.69 Å². The SMILES string of the molecule is Cc1ccc2nc(-c3ccc(NC(=O)C4CCCN(S(C)(=O)=O)C4)cc3)sc2c1. The third kappa shape index (κ3) is 4.49. The van der Waals surface area contributed by atoms with E-state index in [9.17, 15) is 13.2 Å². The summed E-state index contributed by atoms with van der Waals surface area (Å²) in [5, 5.41) is 3.86. The molecule has 0 bridgehead atoms. The number of thiazole rings is 1. The number of benzene rings is 2. The third-order valence-corrected chi connectivity index (χ3v) is 7.50. The lowest BCUT2D eigenvalue weighted by Gasteiger charge is -2.30. The topological polar surface area (TPSA) is 79.4 Å². The number of amides is 1. The second-order valence-electron chi connectivity index (χ2n) is 7.52. The van der Waals surface area contributed by atoms with Gasteiger partial charge in [-0.2, -0.15) is 0 Å². The van der Waals surface area contributed by atoms with Crippen LogP contribution in [0.2, 0.25) is 0 Å². The van der Waals surface area contributed by atoms with Crippen molar-refractivity contribution in [2.75, 3.05) is 24.7 Å². The van der Waals surface area contributed by atoms with Crippen molar-refractivity contribution in [3.8, 4) is 10.6 Å². The van der Waals surface area contributed by atoms with Crippen LogP contribution in [0, 0.1) is 12.8 Å². The zero-order valence-corrected chi connectivity index (χ0v) is 18.0. The van der Waals surface area contributed by atoms with E-state index in [4.69, 9.17) is 0 Å². The highest BCUT2D eigenvalue weighted by atomic mass is 32.2. The minimum Gasteiger partial charge on any atom is -0.326 e. The van der Waals surface area contributed by atoms with Crippen molar-refractivity contribution in [3.05, 3.63) is 48.0 Å². The molecule has 2 aromatic carbocycles. The van der Waals surface area contributed by atoms with E-state index in [1.165, 1.54) is 16.1 Å². The number of piperidine rings is 1. The Morgan fingerprint density at radius 2 is 1.97 bits per heavy atom. The van der Waals surface area contributed by atoms with Gasteiger partial charge in [-0.25, -0.2) is 17.7 Å². The fraction of sp³-hybridized carbons (Fsp3) is 0.333. The van der Waals surface area contributed by atoms with Crippen LogP contribution in [0.1, 0.15) is 18.4 Å². The van der Waals surface area contributed by atoms with Crippen molar-refractivity contribution >= 4 is 43.2 Å². The Labute approximate surface area is 174 Å². The molecule has 1 aliphatic rings. The molecule has 1 aliphatic heterocycles. The normalized spacial score (nSPS) is 18.1. The maximum atomic E-state index is 12.6. The summed E-state index contributed by atoms with van der Waals surface area (Å²) in [5.41, 5.74) is 3.90. The number of nitrogens with one attached hydrogen (secondary N) is 1. The largest absolute Gasteiger partial charge is 0.326 e. The number of fused-ring (bicyclic) bond motifs is 1. The number of aryl methyl sites for hydroxylation is 1. The highest BCUT2D eigenvalue weighted by Gasteiger charge is 2.30. The Balaban J connectivity index is 1.45. The first-order chi connectivity index (χ1) is 13.8. The Bertz CT molecular complexity index is 1150. The first kappa shape index (κ1) is 20.0. The molecule has 0 radical (unpaired) electrons. The van der Waals surface area contributed by atoms with Crippen molar-refractivity contribution in [2.45, 2.75) is 19.8 Å². The summed E-state index contributed by atoms with van der Waals surface area (Å²) in [6.07, 6.45) is 2.58. The van der Waals surface area contributed by atoms with Gasteiger partial charge in [0.05, 0.1) is 22.4 Å². The molecule has 0 spiro atoms. The van der Waals surface area contributed by atoms with E-state index in [0.717, 1.165) is 20.8 Å². The Morgan fingerprint density at radius 3 is 2.69 bits per heavy atom. The van der Waals surface area contributed by atoms with E-state index < -0.39 is 10.0 Å². The molecule has 1 amide bonds. The molecular weight excluding hydrogens is 406 g/mol. The summed E-state index contributed by atoms with van der Waals surface area (Å²) in [5.74, 6) is -0.466. The monoisotopic (exact) mass is 429 g/mol. The maximum absolute atomic E-state index is 12.6. The molecule has 152 valence electrons. The second-order valence-corrected chi connectivity index (χ2v) is 10.5. The van der Waals surface area contributed by atoms with Crippen molar-refractivity contribution in [1.29, 1.82) is 0 Å². The molecule has 1 saturated heterocycles. The summed E-state index contributed by atoms with van der Waals surface area (Å²) in [6, 6.07) is 13.8. The van der Waals surface area contributed by atoms with Gasteiger partial charge in [-0.05, 0) is 61.7 Å². The lowest BCUT2D eigenvalue weighted by atomic mass is 9.98. The van der Waals surface area contributed by atoms with Crippen LogP contribution in [-0.2, 0) is 14.8 Å². The minimum atomic E-state index is -3.27. The van der Waals surface area contributed by atoms with Gasteiger partial charge in [0.2, 0.25) is 15.9 Å². The van der Waals surface area contributed by atoms with Gasteiger partial charge >= 0.3 is 0 Å². The smallest absolute Gasteiger partial charge is 0.228 e. The molecule has 1 fully saturated rings. The molecule has 1 atom stereocenters. The third-order valence-electron chi connectivity index (χ3n) is 5.17. The van der Waals surface area contributed by atoms with Crippen molar-refractivity contribution < 1.29 is 13.2 Å². The predicted molar refractivity (Wildman–Crippen MR) is 118 cm³/mol. The van der Waals surface area contributed by atoms with Crippen LogP contribution < -0.4 is 5.32 Å². The Hall–Kier alpha value is -2.29. The summed E-state index contributed by atoms with van der Waals surface area (Å²) >= 11 is 1.65. The van der Waals surface area contributed by atoms with E-state index in [-0.39, 0.29) is 18.4 Å². The van der Waals surface area contributed by atoms with Crippen LogP contribution in [0.5, 0.6) is 0 Å². The lowest BCUT2D eigenvalue weighted by molar-refractivity contribution is -0.120. The molecule has 3 aromatic rings. The number of carbonyl (C=O) groups excluding carboxylic acids is 1. The fourth-order valence-electron chi connectivity index (χ4n) is 3.55. The predicted octanol–water partition coefficient (Wildman–Crippen LogP) is 3.88. The zero-order valence-electron chi connectivity index (χ0n) is 16.4. The molecule has 0 aliphatic carbocycles. The molecule has 2 heterocycles. The molecule has 1 unspecified atom stereocenters. The second kappa shape index (κ2) is 7.85. The van der Waals surface area contributed by atoms with Crippen molar-refractivity contribution in [3.63, 3.8) is 0 Å². The van der Waals surface area contributed by atoms with Gasteiger partial charge in [-0.1, -0.05) is 6.07 Å². The average Bonchev–Trinajstić information content (AvgIpc) is 3.11. The number of nitrogens with zero attached hydrogens (tertiary/aromatic N) is 2. The first-order valence-corrected chi connectivity index (χ1v) is 12.2. The lowest BCUT2D eigenvalue weighted by Crippen LogP contribution is -2.43. The van der Waals surface area contributed by atoms with Crippen LogP contribution in [-0.4, -0.2) is 43.0 Å². The van der Waals surface area contributed by atoms with E-state index in [2.05, 4.69) is 29.4 Å². The van der Waals surface area contributed by atoms with Gasteiger partial charge in [0.25, 0.3) is 0 Å². The van der Waals surface area contributed by atoms with Crippen LogP contribution >= 0.6 is 11.3 Å². The van der Waals surface area contributed by atoms with Gasteiger partial charge in [0, 0.05) is 24.3 Å². The van der Waals surface area contributed by atoms with Crippen LogP contribution in [0.15, 0.2) is 42.5 Å². The van der Waals surface area contributed by atoms with Crippen molar-refractivity contribution in [1.82, 2.24) is 9.29 Å². The number of anilines is 1. The zero-order chi connectivity index (χ0) is 20.6. The molecule has 8 heteroatoms. The standard InChI is InChI=1S/C21H23N3O3S2/c1-14-5-10-18-19(12-14)28-21(23-18)15-6-8-17(9-7-15)22-20(25)16-4-3-11-24(13-16)29(2,26)27/h5-10,12,16H,3-4,11,13H2,1-2H3,(H,22,25). The molecule has 4 rings (SSSR count). The highest BCUT2D eigenvalue weighted by molar-refractivity contribution is 7.88. The summed E-state index contributed by atoms with van der Waals surface area (Å²) in [6.45, 7) is 2.80. The number of rotatable bonds is 4. The van der Waals surface area contributed by atoms with E-state index in [1.807, 2.05) is 30.3 Å². The molecule has 29 heavy (non-hydrogen) atoms. The summed E-state index contributed by atoms with van der Waals surface area (Å²) in [4.78, 5) is 17.3. The number of hydrogen-bond donors (Lipinski definition) is 1. The van der Waals surface area contributed by atoms with Gasteiger partial charge < -0.3 is 5.32 Å². The summed E-state index contributed by atoms with van der Waals surface area (Å²) < 4.78 is 26.1. The van der Waals surface area contributed by atoms with E-state index in [1.54, 1.807) is 11.3 Å². The van der Waals surface area contributed by atoms with Gasteiger partial charge in [0.15, 0.2) is 0 Å². The van der Waals surface area contributed by atoms with Gasteiger partial charge in [0.1, 0.15) is 5.01 Å². The Morgan fingerprint density at radius 1 is 1.21 bits per heavy atom. The highest BCUT2D eigenvalue weighted by Crippen LogP contribution is 2.31. The average molecular weight is 430 g/mol. The van der Waals surface area contributed by atoms with Crippen LogP contribution in [0.3, 0.4) is 0 Å². The number of aromatic nitrogens is 1. The number of sulfonamides is 1. The van der Waals surface area contributed by atoms with Crippen molar-refractivity contribution in [2.24, 2.45) is 5.92 Å². The van der Waals surface area contributed by atoms with Gasteiger partial charge in [-0.3, -0.25) is 4.79 Å². The van der Waals surface area contributed by atoms with E-state index >= 15 is 0 Å². The van der Waals surface area contributed by atoms with E-state index in [0.29, 0.717) is 25.1 Å². The quantitative estimate of drug-likeness (QED) is 0.683. The molecule has 1 aromatic heterocycles.